The van der Waals surface area contributed by atoms with Crippen molar-refractivity contribution >= 4 is 27.7 Å². The van der Waals surface area contributed by atoms with Crippen molar-refractivity contribution in [1.29, 1.82) is 0 Å². The molecule has 3 heteroatoms. The molecule has 0 spiro atoms. The van der Waals surface area contributed by atoms with Gasteiger partial charge in [-0.25, -0.2) is 4.98 Å². The van der Waals surface area contributed by atoms with Crippen LogP contribution in [-0.2, 0) is 0 Å². The van der Waals surface area contributed by atoms with E-state index in [1.165, 1.54) is 0 Å². The number of pyridine rings is 1. The van der Waals surface area contributed by atoms with Crippen LogP contribution < -0.4 is 0 Å². The highest BCUT2D eigenvalue weighted by molar-refractivity contribution is 9.09. The summed E-state index contributed by atoms with van der Waals surface area (Å²) in [6, 6.07) is 6.02. The molecule has 13 heavy (non-hydrogen) atoms. The van der Waals surface area contributed by atoms with Crippen molar-refractivity contribution < 1.29 is 0 Å². The molecule has 1 heterocycles. The Balaban J connectivity index is 2.44. The van der Waals surface area contributed by atoms with Crippen LogP contribution in [0.25, 0.3) is 0 Å². The number of halogens is 1. The van der Waals surface area contributed by atoms with E-state index in [1.807, 2.05) is 30.1 Å². The normalized spacial score (nSPS) is 11.6. The first-order chi connectivity index (χ1) is 6.14. The van der Waals surface area contributed by atoms with Crippen LogP contribution in [0.5, 0.6) is 0 Å². The zero-order chi connectivity index (χ0) is 9.73. The molecule has 0 aliphatic heterocycles. The summed E-state index contributed by atoms with van der Waals surface area (Å²) in [5.74, 6) is 1.09. The average molecular weight is 260 g/mol. The molecule has 1 nitrogen and oxygen atoms in total. The fraction of sp³-hybridized carbons (Fsp3) is 0.500. The van der Waals surface area contributed by atoms with Crippen LogP contribution in [0, 0.1) is 5.41 Å². The number of hydrogen-bond acceptors (Lipinski definition) is 2. The highest BCUT2D eigenvalue weighted by Gasteiger charge is 2.16. The predicted molar refractivity (Wildman–Crippen MR) is 62.5 cm³/mol. The summed E-state index contributed by atoms with van der Waals surface area (Å²) < 4.78 is 0. The Hall–Kier alpha value is -0.0200. The maximum atomic E-state index is 4.26. The van der Waals surface area contributed by atoms with E-state index < -0.39 is 0 Å². The lowest BCUT2D eigenvalue weighted by atomic mass is 10.0. The van der Waals surface area contributed by atoms with Crippen molar-refractivity contribution in [2.45, 2.75) is 18.9 Å². The Morgan fingerprint density at radius 2 is 2.23 bits per heavy atom. The minimum atomic E-state index is 0.336. The Kier molecular flexibility index (Phi) is 4.26. The molecule has 0 amide bonds. The van der Waals surface area contributed by atoms with Gasteiger partial charge in [0.2, 0.25) is 0 Å². The Labute approximate surface area is 92.5 Å². The van der Waals surface area contributed by atoms with E-state index in [1.54, 1.807) is 0 Å². The molecule has 0 radical (unpaired) electrons. The van der Waals surface area contributed by atoms with Gasteiger partial charge in [-0.1, -0.05) is 35.8 Å². The van der Waals surface area contributed by atoms with Gasteiger partial charge in [0.25, 0.3) is 0 Å². The van der Waals surface area contributed by atoms with E-state index in [9.17, 15) is 0 Å². The zero-order valence-electron chi connectivity index (χ0n) is 7.96. The molecular formula is C10H14BrNS. The van der Waals surface area contributed by atoms with Gasteiger partial charge in [0.1, 0.15) is 0 Å². The SMILES string of the molecule is CC(C)(CBr)CSc1ccccn1. The Bertz CT molecular complexity index is 248. The van der Waals surface area contributed by atoms with Gasteiger partial charge in [0, 0.05) is 17.3 Å². The second-order valence-electron chi connectivity index (χ2n) is 3.75. The molecule has 0 fully saturated rings. The molecule has 0 saturated carbocycles. The minimum absolute atomic E-state index is 0.336. The topological polar surface area (TPSA) is 12.9 Å². The number of alkyl halides is 1. The molecule has 0 unspecified atom stereocenters. The summed E-state index contributed by atoms with van der Waals surface area (Å²) in [7, 11) is 0. The van der Waals surface area contributed by atoms with Gasteiger partial charge in [-0.2, -0.15) is 0 Å². The molecule has 0 saturated heterocycles. The van der Waals surface area contributed by atoms with Gasteiger partial charge in [-0.3, -0.25) is 0 Å². The summed E-state index contributed by atoms with van der Waals surface area (Å²) >= 11 is 5.32. The summed E-state index contributed by atoms with van der Waals surface area (Å²) in [5, 5.41) is 2.14. The van der Waals surface area contributed by atoms with E-state index in [2.05, 4.69) is 40.8 Å². The molecule has 1 aromatic heterocycles. The highest BCUT2D eigenvalue weighted by Crippen LogP contribution is 2.27. The smallest absolute Gasteiger partial charge is 0.0959 e. The fourth-order valence-corrected chi connectivity index (χ4v) is 2.15. The largest absolute Gasteiger partial charge is 0.250 e. The third-order valence-electron chi connectivity index (χ3n) is 1.61. The third kappa shape index (κ3) is 4.14. The molecule has 0 aliphatic rings. The quantitative estimate of drug-likeness (QED) is 0.606. The summed E-state index contributed by atoms with van der Waals surface area (Å²) in [4.78, 5) is 4.26. The maximum absolute atomic E-state index is 4.26. The van der Waals surface area contributed by atoms with Crippen molar-refractivity contribution in [2.75, 3.05) is 11.1 Å². The zero-order valence-corrected chi connectivity index (χ0v) is 10.4. The Morgan fingerprint density at radius 3 is 2.77 bits per heavy atom. The number of nitrogens with zero attached hydrogens (tertiary/aromatic N) is 1. The second kappa shape index (κ2) is 5.01. The maximum Gasteiger partial charge on any atom is 0.0959 e. The molecule has 0 aromatic carbocycles. The van der Waals surface area contributed by atoms with Crippen molar-refractivity contribution in [1.82, 2.24) is 4.98 Å². The summed E-state index contributed by atoms with van der Waals surface area (Å²) in [5.41, 5.74) is 0.336. The summed E-state index contributed by atoms with van der Waals surface area (Å²) in [6.45, 7) is 4.50. The van der Waals surface area contributed by atoms with Crippen LogP contribution in [0.15, 0.2) is 29.4 Å². The number of hydrogen-bond donors (Lipinski definition) is 0. The van der Waals surface area contributed by atoms with Gasteiger partial charge in [0.15, 0.2) is 0 Å². The molecule has 0 N–H and O–H groups in total. The van der Waals surface area contributed by atoms with Gasteiger partial charge in [0.05, 0.1) is 5.03 Å². The first kappa shape index (κ1) is 11.1. The van der Waals surface area contributed by atoms with Crippen LogP contribution in [0.1, 0.15) is 13.8 Å². The monoisotopic (exact) mass is 259 g/mol. The van der Waals surface area contributed by atoms with Crippen LogP contribution in [0.2, 0.25) is 0 Å². The number of aromatic nitrogens is 1. The molecule has 1 rings (SSSR count). The second-order valence-corrected chi connectivity index (χ2v) is 5.31. The van der Waals surface area contributed by atoms with Gasteiger partial charge in [-0.15, -0.1) is 11.8 Å². The average Bonchev–Trinajstić information content (AvgIpc) is 2.17. The molecule has 0 bridgehead atoms. The fourth-order valence-electron chi connectivity index (χ4n) is 0.740. The van der Waals surface area contributed by atoms with Crippen LogP contribution in [-0.4, -0.2) is 16.1 Å². The highest BCUT2D eigenvalue weighted by atomic mass is 79.9. The van der Waals surface area contributed by atoms with E-state index in [0.717, 1.165) is 16.1 Å². The molecule has 1 aromatic rings. The van der Waals surface area contributed by atoms with E-state index in [-0.39, 0.29) is 0 Å². The number of thioether (sulfide) groups is 1. The van der Waals surface area contributed by atoms with Crippen molar-refractivity contribution in [3.05, 3.63) is 24.4 Å². The van der Waals surface area contributed by atoms with E-state index >= 15 is 0 Å². The molecule has 72 valence electrons. The first-order valence-electron chi connectivity index (χ1n) is 4.24. The third-order valence-corrected chi connectivity index (χ3v) is 4.59. The first-order valence-corrected chi connectivity index (χ1v) is 6.34. The van der Waals surface area contributed by atoms with E-state index in [4.69, 9.17) is 0 Å². The molecular weight excluding hydrogens is 246 g/mol. The molecule has 0 atom stereocenters. The van der Waals surface area contributed by atoms with Crippen LogP contribution >= 0.6 is 27.7 Å². The van der Waals surface area contributed by atoms with E-state index in [0.29, 0.717) is 5.41 Å². The number of rotatable bonds is 4. The standard InChI is InChI=1S/C10H14BrNS/c1-10(2,7-11)8-13-9-5-3-4-6-12-9/h3-6H,7-8H2,1-2H3. The van der Waals surface area contributed by atoms with Crippen molar-refractivity contribution in [2.24, 2.45) is 5.41 Å². The lowest BCUT2D eigenvalue weighted by Gasteiger charge is -2.20. The van der Waals surface area contributed by atoms with Gasteiger partial charge >= 0.3 is 0 Å². The lowest BCUT2D eigenvalue weighted by Crippen LogP contribution is -2.16. The van der Waals surface area contributed by atoms with Crippen molar-refractivity contribution in [3.8, 4) is 0 Å². The summed E-state index contributed by atoms with van der Waals surface area (Å²) in [6.07, 6.45) is 1.84. The van der Waals surface area contributed by atoms with Gasteiger partial charge in [-0.05, 0) is 17.5 Å². The van der Waals surface area contributed by atoms with Crippen LogP contribution in [0.4, 0.5) is 0 Å². The lowest BCUT2D eigenvalue weighted by molar-refractivity contribution is 0.496. The minimum Gasteiger partial charge on any atom is -0.250 e. The van der Waals surface area contributed by atoms with Gasteiger partial charge < -0.3 is 0 Å². The molecule has 0 aliphatic carbocycles. The van der Waals surface area contributed by atoms with Crippen molar-refractivity contribution in [3.63, 3.8) is 0 Å². The van der Waals surface area contributed by atoms with Crippen LogP contribution in [0.3, 0.4) is 0 Å². The Morgan fingerprint density at radius 1 is 1.46 bits per heavy atom. The predicted octanol–water partition coefficient (Wildman–Crippen LogP) is 3.59.